The van der Waals surface area contributed by atoms with E-state index in [4.69, 9.17) is 4.74 Å². The van der Waals surface area contributed by atoms with E-state index in [-0.39, 0.29) is 5.56 Å². The Bertz CT molecular complexity index is 719. The van der Waals surface area contributed by atoms with Crippen molar-refractivity contribution in [2.45, 2.75) is 44.3 Å². The minimum Gasteiger partial charge on any atom is -0.379 e. The van der Waals surface area contributed by atoms with Crippen LogP contribution in [0.5, 0.6) is 0 Å². The van der Waals surface area contributed by atoms with Gasteiger partial charge in [0.25, 0.3) is 5.56 Å². The molecule has 0 unspecified atom stereocenters. The molecule has 5 heterocycles. The molecule has 0 spiro atoms. The smallest absolute Gasteiger partial charge is 0.255 e. The highest BCUT2D eigenvalue weighted by atomic mass is 16.5. The van der Waals surface area contributed by atoms with Crippen molar-refractivity contribution < 1.29 is 4.74 Å². The predicted molar refractivity (Wildman–Crippen MR) is 105 cm³/mol. The van der Waals surface area contributed by atoms with E-state index in [1.165, 1.54) is 25.0 Å². The molecule has 5 rings (SSSR count). The van der Waals surface area contributed by atoms with Gasteiger partial charge in [-0.3, -0.25) is 14.6 Å². The summed E-state index contributed by atoms with van der Waals surface area (Å²) in [5, 5.41) is 3.52. The van der Waals surface area contributed by atoms with E-state index in [9.17, 15) is 4.79 Å². The third kappa shape index (κ3) is 3.60. The second-order valence-corrected chi connectivity index (χ2v) is 8.81. The zero-order chi connectivity index (χ0) is 18.2. The lowest BCUT2D eigenvalue weighted by molar-refractivity contribution is 0.000184. The lowest BCUT2D eigenvalue weighted by Gasteiger charge is -2.40. The van der Waals surface area contributed by atoms with Gasteiger partial charge in [-0.15, -0.1) is 0 Å². The summed E-state index contributed by atoms with van der Waals surface area (Å²) < 4.78 is 7.58. The van der Waals surface area contributed by atoms with Crippen LogP contribution in [0.4, 0.5) is 0 Å². The fraction of sp³-hybridized carbons (Fsp3) is 0.762. The summed E-state index contributed by atoms with van der Waals surface area (Å²) in [6.45, 7) is 9.88. The van der Waals surface area contributed by atoms with Crippen LogP contribution in [0.1, 0.15) is 36.4 Å². The third-order valence-electron chi connectivity index (χ3n) is 7.10. The second kappa shape index (κ2) is 7.66. The van der Waals surface area contributed by atoms with Crippen molar-refractivity contribution >= 4 is 0 Å². The van der Waals surface area contributed by atoms with Gasteiger partial charge in [0, 0.05) is 55.9 Å². The van der Waals surface area contributed by atoms with Crippen LogP contribution in [0.3, 0.4) is 0 Å². The lowest BCUT2D eigenvalue weighted by Crippen LogP contribution is -2.49. The number of ether oxygens (including phenoxy) is 1. The Balaban J connectivity index is 1.24. The number of morpholine rings is 1. The van der Waals surface area contributed by atoms with E-state index in [2.05, 4.69) is 31.8 Å². The van der Waals surface area contributed by atoms with E-state index in [0.717, 1.165) is 71.1 Å². The molecule has 1 aromatic rings. The molecule has 0 aromatic carbocycles. The second-order valence-electron chi connectivity index (χ2n) is 8.81. The van der Waals surface area contributed by atoms with Crippen LogP contribution in [0.25, 0.3) is 0 Å². The van der Waals surface area contributed by atoms with E-state index < -0.39 is 0 Å². The molecule has 4 aliphatic rings. The number of hydrogen-bond acceptors (Lipinski definition) is 5. The highest BCUT2D eigenvalue weighted by Crippen LogP contribution is 2.31. The normalized spacial score (nSPS) is 30.2. The van der Waals surface area contributed by atoms with E-state index in [0.29, 0.717) is 17.9 Å². The van der Waals surface area contributed by atoms with E-state index in [1.807, 2.05) is 0 Å². The van der Waals surface area contributed by atoms with Gasteiger partial charge in [0.15, 0.2) is 0 Å². The molecule has 0 saturated carbocycles. The zero-order valence-electron chi connectivity index (χ0n) is 16.2. The Morgan fingerprint density at radius 1 is 1.07 bits per heavy atom. The first-order valence-corrected chi connectivity index (χ1v) is 10.8. The van der Waals surface area contributed by atoms with Crippen molar-refractivity contribution in [1.29, 1.82) is 0 Å². The Morgan fingerprint density at radius 3 is 2.70 bits per heavy atom. The number of fused-ring (bicyclic) bond motifs is 4. The number of nitrogens with zero attached hydrogens (tertiary/aromatic N) is 3. The van der Waals surface area contributed by atoms with Crippen LogP contribution < -0.4 is 10.9 Å². The van der Waals surface area contributed by atoms with Crippen molar-refractivity contribution in [1.82, 2.24) is 19.7 Å². The first kappa shape index (κ1) is 17.9. The highest BCUT2D eigenvalue weighted by molar-refractivity contribution is 5.22. The Morgan fingerprint density at radius 2 is 1.89 bits per heavy atom. The van der Waals surface area contributed by atoms with E-state index >= 15 is 0 Å². The SMILES string of the molecule is O=c1c(CN2CCC(N3CCOCC3)CC2)ccc2n1C[C@@H]1CNC[C@H]2C1. The predicted octanol–water partition coefficient (Wildman–Crippen LogP) is 0.852. The Hall–Kier alpha value is -1.21. The number of pyridine rings is 1. The monoisotopic (exact) mass is 372 g/mol. The third-order valence-corrected chi connectivity index (χ3v) is 7.10. The number of nitrogens with one attached hydrogen (secondary N) is 1. The first-order valence-electron chi connectivity index (χ1n) is 10.8. The van der Waals surface area contributed by atoms with Crippen molar-refractivity contribution in [3.8, 4) is 0 Å². The summed E-state index contributed by atoms with van der Waals surface area (Å²) in [4.78, 5) is 18.2. The largest absolute Gasteiger partial charge is 0.379 e. The maximum Gasteiger partial charge on any atom is 0.255 e. The number of rotatable bonds is 3. The van der Waals surface area contributed by atoms with Crippen molar-refractivity contribution in [2.24, 2.45) is 5.92 Å². The van der Waals surface area contributed by atoms with Gasteiger partial charge in [-0.1, -0.05) is 6.07 Å². The van der Waals surface area contributed by atoms with Crippen LogP contribution in [0.15, 0.2) is 16.9 Å². The number of hydrogen-bond donors (Lipinski definition) is 1. The molecule has 0 amide bonds. The molecule has 0 aliphatic carbocycles. The standard InChI is InChI=1S/C21H32N4O2/c26-21-17(1-2-20-18-11-16(12-22-13-18)14-25(20)21)15-23-5-3-19(4-6-23)24-7-9-27-10-8-24/h1-2,16,18-19,22H,3-15H2/t16-,18+/m0/s1. The molecule has 3 fully saturated rings. The van der Waals surface area contributed by atoms with Crippen molar-refractivity contribution in [3.63, 3.8) is 0 Å². The summed E-state index contributed by atoms with van der Waals surface area (Å²) >= 11 is 0. The molecule has 6 heteroatoms. The Kier molecular flexibility index (Phi) is 5.07. The highest BCUT2D eigenvalue weighted by Gasteiger charge is 2.32. The molecule has 4 aliphatic heterocycles. The molecule has 6 nitrogen and oxygen atoms in total. The van der Waals surface area contributed by atoms with Gasteiger partial charge in [0.2, 0.25) is 0 Å². The average molecular weight is 373 g/mol. The molecule has 2 atom stereocenters. The van der Waals surface area contributed by atoms with Crippen LogP contribution in [0.2, 0.25) is 0 Å². The van der Waals surface area contributed by atoms with Gasteiger partial charge in [0.1, 0.15) is 0 Å². The number of piperidine rings is 2. The van der Waals surface area contributed by atoms with Crippen molar-refractivity contribution in [3.05, 3.63) is 33.7 Å². The average Bonchev–Trinajstić information content (AvgIpc) is 2.72. The summed E-state index contributed by atoms with van der Waals surface area (Å²) in [6.07, 6.45) is 3.66. The minimum atomic E-state index is 0.263. The first-order chi connectivity index (χ1) is 13.3. The minimum absolute atomic E-state index is 0.263. The van der Waals surface area contributed by atoms with Crippen molar-refractivity contribution in [2.75, 3.05) is 52.5 Å². The fourth-order valence-electron chi connectivity index (χ4n) is 5.58. The number of likely N-dealkylation sites (tertiary alicyclic amines) is 1. The molecule has 1 N–H and O–H groups in total. The van der Waals surface area contributed by atoms with Gasteiger partial charge in [0.05, 0.1) is 13.2 Å². The van der Waals surface area contributed by atoms with Crippen LogP contribution >= 0.6 is 0 Å². The topological polar surface area (TPSA) is 49.7 Å². The summed E-state index contributed by atoms with van der Waals surface area (Å²) in [6, 6.07) is 5.03. The summed E-state index contributed by atoms with van der Waals surface area (Å²) in [5.74, 6) is 1.14. The molecule has 0 radical (unpaired) electrons. The summed E-state index contributed by atoms with van der Waals surface area (Å²) in [5.41, 5.74) is 2.49. The quantitative estimate of drug-likeness (QED) is 0.853. The maximum atomic E-state index is 13.1. The van der Waals surface area contributed by atoms with Crippen LogP contribution in [-0.2, 0) is 17.8 Å². The van der Waals surface area contributed by atoms with Gasteiger partial charge in [-0.2, -0.15) is 0 Å². The maximum absolute atomic E-state index is 13.1. The molecule has 148 valence electrons. The fourth-order valence-corrected chi connectivity index (χ4v) is 5.58. The van der Waals surface area contributed by atoms with E-state index in [1.54, 1.807) is 0 Å². The zero-order valence-corrected chi connectivity index (χ0v) is 16.2. The van der Waals surface area contributed by atoms with Gasteiger partial charge in [-0.05, 0) is 50.9 Å². The Labute approximate surface area is 161 Å². The van der Waals surface area contributed by atoms with Gasteiger partial charge < -0.3 is 14.6 Å². The molecule has 2 bridgehead atoms. The molecule has 3 saturated heterocycles. The summed E-state index contributed by atoms with van der Waals surface area (Å²) in [7, 11) is 0. The van der Waals surface area contributed by atoms with Gasteiger partial charge >= 0.3 is 0 Å². The van der Waals surface area contributed by atoms with Crippen LogP contribution in [0, 0.1) is 5.92 Å². The van der Waals surface area contributed by atoms with Gasteiger partial charge in [-0.25, -0.2) is 0 Å². The lowest BCUT2D eigenvalue weighted by atomic mass is 9.84. The van der Waals surface area contributed by atoms with Crippen LogP contribution in [-0.4, -0.2) is 72.9 Å². The molecule has 27 heavy (non-hydrogen) atoms. The molecular weight excluding hydrogens is 340 g/mol. The molecular formula is C21H32N4O2. The molecule has 1 aromatic heterocycles. The number of aromatic nitrogens is 1.